The normalized spacial score (nSPS) is 18.4. The molecule has 1 atom stereocenters. The Labute approximate surface area is 116 Å². The molecule has 0 unspecified atom stereocenters. The van der Waals surface area contributed by atoms with E-state index in [4.69, 9.17) is 11.0 Å². The smallest absolute Gasteiger partial charge is 0.227 e. The van der Waals surface area contributed by atoms with Crippen LogP contribution in [0.4, 0.5) is 0 Å². The highest BCUT2D eigenvalue weighted by atomic mass is 16.2. The molecule has 0 bridgehead atoms. The number of rotatable bonds is 3. The van der Waals surface area contributed by atoms with Crippen LogP contribution >= 0.6 is 0 Å². The fourth-order valence-corrected chi connectivity index (χ4v) is 2.30. The summed E-state index contributed by atoms with van der Waals surface area (Å²) in [6.07, 6.45) is 4.29. The van der Waals surface area contributed by atoms with Crippen molar-refractivity contribution in [3.63, 3.8) is 0 Å². The molecular formula is C13H15N5O2. The average molecular weight is 273 g/mol. The van der Waals surface area contributed by atoms with Crippen LogP contribution in [0, 0.1) is 17.2 Å². The fourth-order valence-electron chi connectivity index (χ4n) is 2.30. The minimum Gasteiger partial charge on any atom is -0.369 e. The highest BCUT2D eigenvalue weighted by Crippen LogP contribution is 2.17. The van der Waals surface area contributed by atoms with Gasteiger partial charge in [0.05, 0.1) is 12.3 Å². The van der Waals surface area contributed by atoms with Crippen LogP contribution < -0.4 is 5.73 Å². The number of hydrogen-bond acceptors (Lipinski definition) is 5. The van der Waals surface area contributed by atoms with Gasteiger partial charge < -0.3 is 10.6 Å². The fraction of sp³-hybridized carbons (Fsp3) is 0.462. The topological polar surface area (TPSA) is 113 Å². The van der Waals surface area contributed by atoms with Crippen molar-refractivity contribution in [3.05, 3.63) is 23.8 Å². The van der Waals surface area contributed by atoms with Crippen molar-refractivity contribution in [2.45, 2.75) is 19.3 Å². The minimum absolute atomic E-state index is 0.0647. The number of aromatic nitrogens is 2. The summed E-state index contributed by atoms with van der Waals surface area (Å²) in [5.74, 6) is -0.791. The van der Waals surface area contributed by atoms with Crippen molar-refractivity contribution in [1.82, 2.24) is 14.9 Å². The quantitative estimate of drug-likeness (QED) is 0.806. The number of hydrogen-bond donors (Lipinski definition) is 1. The van der Waals surface area contributed by atoms with Crippen LogP contribution in [0.5, 0.6) is 0 Å². The zero-order valence-corrected chi connectivity index (χ0v) is 11.0. The first-order valence-corrected chi connectivity index (χ1v) is 6.38. The van der Waals surface area contributed by atoms with Crippen molar-refractivity contribution >= 4 is 11.8 Å². The van der Waals surface area contributed by atoms with Gasteiger partial charge in [-0.15, -0.1) is 0 Å². The zero-order chi connectivity index (χ0) is 14.5. The molecule has 1 aromatic heterocycles. The van der Waals surface area contributed by atoms with Crippen molar-refractivity contribution in [2.75, 3.05) is 13.1 Å². The standard InChI is InChI=1S/C13H15N5O2/c14-5-11-10(6-16-8-17-11)4-12(19)18-3-1-2-9(7-18)13(15)20/h6,8-9H,1-4,7H2,(H2,15,20)/t9-/m0/s1. The molecule has 2 heterocycles. The van der Waals surface area contributed by atoms with Gasteiger partial charge in [0.1, 0.15) is 18.1 Å². The van der Waals surface area contributed by atoms with Crippen LogP contribution in [0.2, 0.25) is 0 Å². The van der Waals surface area contributed by atoms with Crippen molar-refractivity contribution in [1.29, 1.82) is 5.26 Å². The van der Waals surface area contributed by atoms with Gasteiger partial charge in [0.25, 0.3) is 0 Å². The van der Waals surface area contributed by atoms with Crippen LogP contribution in [0.1, 0.15) is 24.1 Å². The van der Waals surface area contributed by atoms with Gasteiger partial charge in [-0.05, 0) is 12.8 Å². The second kappa shape index (κ2) is 6.10. The van der Waals surface area contributed by atoms with Gasteiger partial charge in [0, 0.05) is 24.8 Å². The first-order valence-electron chi connectivity index (χ1n) is 6.38. The minimum atomic E-state index is -0.372. The Bertz CT molecular complexity index is 566. The number of likely N-dealkylation sites (tertiary alicyclic amines) is 1. The Hall–Kier alpha value is -2.49. The number of carbonyl (C=O) groups is 2. The molecule has 1 fully saturated rings. The molecule has 0 aliphatic carbocycles. The molecule has 1 aromatic rings. The van der Waals surface area contributed by atoms with Crippen molar-refractivity contribution < 1.29 is 9.59 Å². The maximum Gasteiger partial charge on any atom is 0.227 e. The van der Waals surface area contributed by atoms with Gasteiger partial charge in [-0.1, -0.05) is 0 Å². The molecule has 1 aliphatic heterocycles. The van der Waals surface area contributed by atoms with Crippen LogP contribution in [-0.4, -0.2) is 39.8 Å². The van der Waals surface area contributed by atoms with Crippen LogP contribution in [0.3, 0.4) is 0 Å². The van der Waals surface area contributed by atoms with Crippen LogP contribution in [0.15, 0.2) is 12.5 Å². The molecular weight excluding hydrogens is 258 g/mol. The summed E-state index contributed by atoms with van der Waals surface area (Å²) in [5, 5.41) is 8.93. The molecule has 7 heteroatoms. The first-order chi connectivity index (χ1) is 9.61. The monoisotopic (exact) mass is 273 g/mol. The van der Waals surface area contributed by atoms with Crippen LogP contribution in [0.25, 0.3) is 0 Å². The second-order valence-electron chi connectivity index (χ2n) is 4.77. The summed E-state index contributed by atoms with van der Waals surface area (Å²) in [7, 11) is 0. The molecule has 0 aromatic carbocycles. The molecule has 1 aliphatic rings. The summed E-state index contributed by atoms with van der Waals surface area (Å²) in [6.45, 7) is 0.960. The van der Waals surface area contributed by atoms with E-state index in [9.17, 15) is 9.59 Å². The Morgan fingerprint density at radius 2 is 2.35 bits per heavy atom. The molecule has 20 heavy (non-hydrogen) atoms. The summed E-state index contributed by atoms with van der Waals surface area (Å²) < 4.78 is 0. The lowest BCUT2D eigenvalue weighted by Gasteiger charge is -2.31. The molecule has 104 valence electrons. The third-order valence-corrected chi connectivity index (χ3v) is 3.41. The molecule has 2 amide bonds. The third-order valence-electron chi connectivity index (χ3n) is 3.41. The molecule has 0 saturated carbocycles. The largest absolute Gasteiger partial charge is 0.369 e. The molecule has 7 nitrogen and oxygen atoms in total. The van der Waals surface area contributed by atoms with Gasteiger partial charge in [0.2, 0.25) is 11.8 Å². The average Bonchev–Trinajstić information content (AvgIpc) is 2.48. The molecule has 0 radical (unpaired) electrons. The highest BCUT2D eigenvalue weighted by molar-refractivity contribution is 5.81. The molecule has 1 saturated heterocycles. The first kappa shape index (κ1) is 13.9. The maximum absolute atomic E-state index is 12.2. The summed E-state index contributed by atoms with van der Waals surface area (Å²) in [4.78, 5) is 32.7. The summed E-state index contributed by atoms with van der Waals surface area (Å²) >= 11 is 0. The zero-order valence-electron chi connectivity index (χ0n) is 11.0. The third kappa shape index (κ3) is 3.09. The van der Waals surface area contributed by atoms with Gasteiger partial charge in [0.15, 0.2) is 0 Å². The number of primary amides is 1. The van der Waals surface area contributed by atoms with Crippen molar-refractivity contribution in [2.24, 2.45) is 11.7 Å². The summed E-state index contributed by atoms with van der Waals surface area (Å²) in [6, 6.07) is 1.93. The van der Waals surface area contributed by atoms with E-state index in [1.165, 1.54) is 12.5 Å². The predicted octanol–water partition coefficient (Wildman–Crippen LogP) is -0.385. The Kier molecular flexibility index (Phi) is 4.25. The molecule has 2 N–H and O–H groups in total. The Morgan fingerprint density at radius 3 is 3.05 bits per heavy atom. The van der Waals surface area contributed by atoms with E-state index in [0.29, 0.717) is 18.7 Å². The van der Waals surface area contributed by atoms with Gasteiger partial charge >= 0.3 is 0 Å². The molecule has 2 rings (SSSR count). The number of nitrogens with zero attached hydrogens (tertiary/aromatic N) is 4. The number of piperidine rings is 1. The van der Waals surface area contributed by atoms with E-state index >= 15 is 0 Å². The highest BCUT2D eigenvalue weighted by Gasteiger charge is 2.27. The van der Waals surface area contributed by atoms with E-state index < -0.39 is 0 Å². The van der Waals surface area contributed by atoms with Crippen molar-refractivity contribution in [3.8, 4) is 6.07 Å². The lowest BCUT2D eigenvalue weighted by molar-refractivity contribution is -0.134. The number of amides is 2. The Morgan fingerprint density at radius 1 is 1.55 bits per heavy atom. The van der Waals surface area contributed by atoms with Gasteiger partial charge in [-0.3, -0.25) is 9.59 Å². The van der Waals surface area contributed by atoms with E-state index in [-0.39, 0.29) is 29.8 Å². The molecule has 0 spiro atoms. The van der Waals surface area contributed by atoms with E-state index in [0.717, 1.165) is 12.8 Å². The number of nitrogens with two attached hydrogens (primary N) is 1. The SMILES string of the molecule is N#Cc1ncncc1CC(=O)N1CCC[C@H](C(N)=O)C1. The Balaban J connectivity index is 2.05. The van der Waals surface area contributed by atoms with E-state index in [1.807, 2.05) is 6.07 Å². The van der Waals surface area contributed by atoms with Gasteiger partial charge in [-0.2, -0.15) is 5.26 Å². The van der Waals surface area contributed by atoms with Crippen LogP contribution in [-0.2, 0) is 16.0 Å². The lowest BCUT2D eigenvalue weighted by Crippen LogP contribution is -2.44. The van der Waals surface area contributed by atoms with E-state index in [1.54, 1.807) is 4.90 Å². The van der Waals surface area contributed by atoms with Gasteiger partial charge in [-0.25, -0.2) is 9.97 Å². The number of carbonyl (C=O) groups excluding carboxylic acids is 2. The lowest BCUT2D eigenvalue weighted by atomic mass is 9.97. The maximum atomic E-state index is 12.2. The number of nitriles is 1. The second-order valence-corrected chi connectivity index (χ2v) is 4.77. The summed E-state index contributed by atoms with van der Waals surface area (Å²) in [5.41, 5.74) is 5.99. The predicted molar refractivity (Wildman–Crippen MR) is 68.9 cm³/mol. The van der Waals surface area contributed by atoms with E-state index in [2.05, 4.69) is 9.97 Å².